The third kappa shape index (κ3) is 38.2. The van der Waals surface area contributed by atoms with E-state index in [1.165, 1.54) is 161 Å². The van der Waals surface area contributed by atoms with Crippen molar-refractivity contribution in [2.75, 3.05) is 54.0 Å². The SMILES string of the molecule is CCCCCC(CCCCC)CCOC(=O)CCCCCCCC(CCCCCCCC(=O)OCCC(CCCCC)CCCCC)CN(C)CCN(C)C. The summed E-state index contributed by atoms with van der Waals surface area (Å²) in [5.74, 6) is 2.21. The molecule has 0 saturated heterocycles. The van der Waals surface area contributed by atoms with Gasteiger partial charge in [-0.25, -0.2) is 0 Å². The van der Waals surface area contributed by atoms with Crippen molar-refractivity contribution in [3.8, 4) is 0 Å². The average Bonchev–Trinajstić information content (AvgIpc) is 3.16. The molecule has 0 rings (SSSR count). The quantitative estimate of drug-likeness (QED) is 0.0454. The van der Waals surface area contributed by atoms with Gasteiger partial charge >= 0.3 is 11.9 Å². The molecule has 0 unspecified atom stereocenters. The van der Waals surface area contributed by atoms with Gasteiger partial charge in [-0.2, -0.15) is 0 Å². The molecule has 0 aromatic carbocycles. The highest BCUT2D eigenvalue weighted by Gasteiger charge is 2.14. The van der Waals surface area contributed by atoms with E-state index in [0.29, 0.717) is 26.1 Å². The molecule has 6 heteroatoms. The summed E-state index contributed by atoms with van der Waals surface area (Å²) in [6.07, 6.45) is 38.3. The summed E-state index contributed by atoms with van der Waals surface area (Å²) in [4.78, 5) is 29.6. The number of esters is 2. The van der Waals surface area contributed by atoms with Crippen LogP contribution in [-0.4, -0.2) is 75.7 Å². The van der Waals surface area contributed by atoms with E-state index in [4.69, 9.17) is 9.47 Å². The molecule has 6 nitrogen and oxygen atoms in total. The largest absolute Gasteiger partial charge is 0.466 e. The van der Waals surface area contributed by atoms with Gasteiger partial charge in [0.2, 0.25) is 0 Å². The maximum atomic E-state index is 12.4. The predicted molar refractivity (Wildman–Crippen MR) is 239 cm³/mol. The van der Waals surface area contributed by atoms with E-state index < -0.39 is 0 Å². The van der Waals surface area contributed by atoms with Crippen LogP contribution in [0, 0.1) is 17.8 Å². The van der Waals surface area contributed by atoms with Crippen molar-refractivity contribution in [1.29, 1.82) is 0 Å². The van der Waals surface area contributed by atoms with Gasteiger partial charge in [-0.1, -0.05) is 182 Å². The lowest BCUT2D eigenvalue weighted by Gasteiger charge is -2.25. The van der Waals surface area contributed by atoms with Crippen molar-refractivity contribution in [2.45, 2.75) is 233 Å². The smallest absolute Gasteiger partial charge is 0.305 e. The van der Waals surface area contributed by atoms with Crippen LogP contribution < -0.4 is 0 Å². The van der Waals surface area contributed by atoms with Gasteiger partial charge in [-0.3, -0.25) is 9.59 Å². The Labute approximate surface area is 344 Å². The highest BCUT2D eigenvalue weighted by Crippen LogP contribution is 2.24. The molecule has 0 saturated carbocycles. The molecule has 0 aromatic rings. The number of unbranched alkanes of at least 4 members (excludes halogenated alkanes) is 16. The van der Waals surface area contributed by atoms with Gasteiger partial charge in [0.05, 0.1) is 13.2 Å². The van der Waals surface area contributed by atoms with Crippen LogP contribution in [0.4, 0.5) is 0 Å². The lowest BCUT2D eigenvalue weighted by atomic mass is 9.92. The summed E-state index contributed by atoms with van der Waals surface area (Å²) in [5, 5.41) is 0. The number of carbonyl (C=O) groups excluding carboxylic acids is 2. The molecule has 55 heavy (non-hydrogen) atoms. The van der Waals surface area contributed by atoms with E-state index in [1.54, 1.807) is 0 Å². The van der Waals surface area contributed by atoms with E-state index in [0.717, 1.165) is 69.4 Å². The number of nitrogens with zero attached hydrogens (tertiary/aromatic N) is 2. The van der Waals surface area contributed by atoms with E-state index in [-0.39, 0.29) is 11.9 Å². The predicted octanol–water partition coefficient (Wildman–Crippen LogP) is 14.0. The second-order valence-electron chi connectivity index (χ2n) is 17.8. The normalized spacial score (nSPS) is 11.9. The lowest BCUT2D eigenvalue weighted by molar-refractivity contribution is -0.145. The summed E-state index contributed by atoms with van der Waals surface area (Å²) < 4.78 is 11.3. The second-order valence-corrected chi connectivity index (χ2v) is 17.8. The average molecular weight is 779 g/mol. The van der Waals surface area contributed by atoms with Crippen molar-refractivity contribution in [2.24, 2.45) is 17.8 Å². The van der Waals surface area contributed by atoms with Gasteiger partial charge < -0.3 is 19.3 Å². The number of ether oxygens (including phenoxy) is 2. The standard InChI is InChI=1S/C49H98N2O4/c1-8-12-22-30-45(31-23-13-9-2)38-42-54-48(52)36-28-20-16-18-26-34-47(44-51(7)41-40-50(5)6)35-27-19-17-21-29-37-49(53)55-43-39-46(32-24-14-10-3)33-25-15-11-4/h45-47H,8-44H2,1-7H3. The van der Waals surface area contributed by atoms with Crippen molar-refractivity contribution in [1.82, 2.24) is 9.80 Å². The molecule has 0 aliphatic rings. The van der Waals surface area contributed by atoms with Crippen LogP contribution >= 0.6 is 0 Å². The first kappa shape index (κ1) is 53.9. The lowest BCUT2D eigenvalue weighted by Crippen LogP contribution is -2.32. The zero-order valence-electron chi connectivity index (χ0n) is 38.4. The first-order chi connectivity index (χ1) is 26.7. The molecule has 0 bridgehead atoms. The summed E-state index contributed by atoms with van der Waals surface area (Å²) in [5.41, 5.74) is 0. The number of rotatable bonds is 43. The molecule has 0 radical (unpaired) electrons. The molecule has 0 heterocycles. The van der Waals surface area contributed by atoms with E-state index in [2.05, 4.69) is 58.6 Å². The minimum absolute atomic E-state index is 0.0105. The first-order valence-corrected chi connectivity index (χ1v) is 24.4. The highest BCUT2D eigenvalue weighted by atomic mass is 16.5. The molecule has 0 amide bonds. The summed E-state index contributed by atoms with van der Waals surface area (Å²) >= 11 is 0. The van der Waals surface area contributed by atoms with E-state index >= 15 is 0 Å². The Balaban J connectivity index is 4.29. The number of hydrogen-bond donors (Lipinski definition) is 0. The summed E-state index contributed by atoms with van der Waals surface area (Å²) in [6.45, 7) is 13.7. The van der Waals surface area contributed by atoms with Crippen LogP contribution in [0.3, 0.4) is 0 Å². The maximum Gasteiger partial charge on any atom is 0.305 e. The maximum absolute atomic E-state index is 12.4. The second kappa shape index (κ2) is 41.0. The third-order valence-electron chi connectivity index (χ3n) is 11.9. The molecular formula is C49H98N2O4. The zero-order chi connectivity index (χ0) is 40.6. The van der Waals surface area contributed by atoms with Gasteiger partial charge in [0.15, 0.2) is 0 Å². The third-order valence-corrected chi connectivity index (χ3v) is 11.9. The molecule has 0 aliphatic heterocycles. The van der Waals surface area contributed by atoms with Crippen molar-refractivity contribution in [3.05, 3.63) is 0 Å². The fourth-order valence-corrected chi connectivity index (χ4v) is 8.12. The zero-order valence-corrected chi connectivity index (χ0v) is 38.4. The molecule has 0 atom stereocenters. The molecule has 0 N–H and O–H groups in total. The van der Waals surface area contributed by atoms with Crippen LogP contribution in [0.25, 0.3) is 0 Å². The minimum Gasteiger partial charge on any atom is -0.466 e. The molecule has 0 spiro atoms. The Kier molecular flexibility index (Phi) is 40.2. The Bertz CT molecular complexity index is 745. The molecular weight excluding hydrogens is 681 g/mol. The first-order valence-electron chi connectivity index (χ1n) is 24.4. The Morgan fingerprint density at radius 2 is 0.727 bits per heavy atom. The molecule has 328 valence electrons. The topological polar surface area (TPSA) is 59.1 Å². The van der Waals surface area contributed by atoms with Crippen molar-refractivity contribution in [3.63, 3.8) is 0 Å². The van der Waals surface area contributed by atoms with Gasteiger partial charge in [-0.15, -0.1) is 0 Å². The number of carbonyl (C=O) groups is 2. The van der Waals surface area contributed by atoms with Gasteiger partial charge in [0.25, 0.3) is 0 Å². The Hall–Kier alpha value is -1.14. The van der Waals surface area contributed by atoms with Crippen LogP contribution in [-0.2, 0) is 19.1 Å². The van der Waals surface area contributed by atoms with E-state index in [9.17, 15) is 9.59 Å². The minimum atomic E-state index is 0.0105. The highest BCUT2D eigenvalue weighted by molar-refractivity contribution is 5.69. The van der Waals surface area contributed by atoms with Gasteiger partial charge in [0, 0.05) is 32.5 Å². The molecule has 0 aliphatic carbocycles. The Morgan fingerprint density at radius 1 is 0.400 bits per heavy atom. The molecule has 0 fully saturated rings. The van der Waals surface area contributed by atoms with E-state index in [1.807, 2.05) is 0 Å². The van der Waals surface area contributed by atoms with Crippen LogP contribution in [0.1, 0.15) is 233 Å². The summed E-state index contributed by atoms with van der Waals surface area (Å²) in [7, 11) is 6.60. The van der Waals surface area contributed by atoms with Gasteiger partial charge in [-0.05, 0) is 77.4 Å². The number of hydrogen-bond acceptors (Lipinski definition) is 6. The van der Waals surface area contributed by atoms with Crippen molar-refractivity contribution < 1.29 is 19.1 Å². The number of likely N-dealkylation sites (N-methyl/N-ethyl adjacent to an activating group) is 2. The fraction of sp³-hybridized carbons (Fsp3) is 0.959. The Morgan fingerprint density at radius 3 is 1.09 bits per heavy atom. The monoisotopic (exact) mass is 779 g/mol. The van der Waals surface area contributed by atoms with Gasteiger partial charge in [0.1, 0.15) is 0 Å². The van der Waals surface area contributed by atoms with Crippen LogP contribution in [0.15, 0.2) is 0 Å². The van der Waals surface area contributed by atoms with Crippen molar-refractivity contribution >= 4 is 11.9 Å². The van der Waals surface area contributed by atoms with Crippen LogP contribution in [0.5, 0.6) is 0 Å². The van der Waals surface area contributed by atoms with Crippen LogP contribution in [0.2, 0.25) is 0 Å². The fourth-order valence-electron chi connectivity index (χ4n) is 8.12. The molecule has 0 aromatic heterocycles. The summed E-state index contributed by atoms with van der Waals surface area (Å²) in [6, 6.07) is 0.